The van der Waals surface area contributed by atoms with Crippen LogP contribution in [0.25, 0.3) is 0 Å². The van der Waals surface area contributed by atoms with Gasteiger partial charge in [0, 0.05) is 30.2 Å². The molecule has 0 saturated carbocycles. The number of carbonyl (C=O) groups excluding carboxylic acids is 1. The minimum atomic E-state index is -0.738. The second-order valence-electron chi connectivity index (χ2n) is 4.74. The summed E-state index contributed by atoms with van der Waals surface area (Å²) in [7, 11) is 0. The first-order valence-corrected chi connectivity index (χ1v) is 6.67. The van der Waals surface area contributed by atoms with Gasteiger partial charge >= 0.3 is 5.97 Å². The molecule has 1 aromatic rings. The summed E-state index contributed by atoms with van der Waals surface area (Å²) in [5.41, 5.74) is 5.02. The van der Waals surface area contributed by atoms with Crippen LogP contribution in [0.3, 0.4) is 0 Å². The van der Waals surface area contributed by atoms with Gasteiger partial charge in [0.25, 0.3) is 11.4 Å². The Morgan fingerprint density at radius 2 is 1.77 bits per heavy atom. The van der Waals surface area contributed by atoms with Crippen molar-refractivity contribution < 1.29 is 19.4 Å². The summed E-state index contributed by atoms with van der Waals surface area (Å²) in [5.74, 6) is -0.502. The van der Waals surface area contributed by atoms with E-state index in [9.17, 15) is 25.0 Å². The van der Waals surface area contributed by atoms with Gasteiger partial charge in [0.05, 0.1) is 15.9 Å². The first kappa shape index (κ1) is 17.5. The highest BCUT2D eigenvalue weighted by Crippen LogP contribution is 2.23. The zero-order chi connectivity index (χ0) is 16.7. The van der Waals surface area contributed by atoms with Crippen LogP contribution in [0.15, 0.2) is 18.2 Å². The van der Waals surface area contributed by atoms with Gasteiger partial charge in [-0.15, -0.1) is 0 Å². The fraction of sp³-hybridized carbons (Fsp3) is 0.462. The largest absolute Gasteiger partial charge is 0.461 e. The third-order valence-electron chi connectivity index (χ3n) is 3.03. The Morgan fingerprint density at radius 3 is 2.23 bits per heavy atom. The van der Waals surface area contributed by atoms with Crippen molar-refractivity contribution in [2.75, 3.05) is 0 Å². The number of nitrogens with two attached hydrogens (primary N) is 1. The Morgan fingerprint density at radius 1 is 1.23 bits per heavy atom. The Bertz CT molecular complexity index is 543. The molecule has 0 aliphatic heterocycles. The fourth-order valence-corrected chi connectivity index (χ4v) is 1.69. The van der Waals surface area contributed by atoms with Crippen LogP contribution in [0.2, 0.25) is 0 Å². The van der Waals surface area contributed by atoms with E-state index in [1.807, 2.05) is 6.92 Å². The Balaban J connectivity index is 2.70. The molecule has 1 unspecified atom stereocenters. The van der Waals surface area contributed by atoms with E-state index in [4.69, 9.17) is 10.5 Å². The zero-order valence-corrected chi connectivity index (χ0v) is 12.1. The molecule has 9 nitrogen and oxygen atoms in total. The lowest BCUT2D eigenvalue weighted by atomic mass is 10.1. The van der Waals surface area contributed by atoms with Gasteiger partial charge in [-0.25, -0.2) is 0 Å². The van der Waals surface area contributed by atoms with Crippen molar-refractivity contribution in [2.45, 2.75) is 38.8 Å². The summed E-state index contributed by atoms with van der Waals surface area (Å²) >= 11 is 0. The minimum absolute atomic E-state index is 0.0912. The lowest BCUT2D eigenvalue weighted by Gasteiger charge is -2.08. The molecule has 1 atom stereocenters. The summed E-state index contributed by atoms with van der Waals surface area (Å²) < 4.78 is 4.95. The van der Waals surface area contributed by atoms with Crippen LogP contribution < -0.4 is 5.73 Å². The van der Waals surface area contributed by atoms with Gasteiger partial charge in [0.2, 0.25) is 0 Å². The van der Waals surface area contributed by atoms with Crippen molar-refractivity contribution in [2.24, 2.45) is 5.73 Å². The number of benzene rings is 1. The minimum Gasteiger partial charge on any atom is -0.461 e. The highest BCUT2D eigenvalue weighted by atomic mass is 16.6. The van der Waals surface area contributed by atoms with Crippen LogP contribution in [-0.4, -0.2) is 21.9 Å². The molecule has 0 bridgehead atoms. The molecule has 2 N–H and O–H groups in total. The molecule has 0 radical (unpaired) electrons. The topological polar surface area (TPSA) is 139 Å². The number of hydrogen-bond donors (Lipinski definition) is 1. The van der Waals surface area contributed by atoms with E-state index in [1.165, 1.54) is 0 Å². The van der Waals surface area contributed by atoms with Gasteiger partial charge in [-0.2, -0.15) is 0 Å². The van der Waals surface area contributed by atoms with Crippen LogP contribution in [0.4, 0.5) is 11.4 Å². The molecule has 0 amide bonds. The number of hydrogen-bond acceptors (Lipinski definition) is 7. The number of non-ortho nitro benzene ring substituents is 2. The summed E-state index contributed by atoms with van der Waals surface area (Å²) in [6.07, 6.45) is 1.35. The van der Waals surface area contributed by atoms with E-state index < -0.39 is 27.2 Å². The highest BCUT2D eigenvalue weighted by Gasteiger charge is 2.17. The average molecular weight is 311 g/mol. The van der Waals surface area contributed by atoms with Crippen molar-refractivity contribution >= 4 is 17.3 Å². The number of nitro benzene ring substituents is 2. The second kappa shape index (κ2) is 8.03. The van der Waals surface area contributed by atoms with Crippen LogP contribution >= 0.6 is 0 Å². The standard InChI is InChI=1S/C13H17N3O6/c1-2-10(14)3-4-13(17)22-8-9-5-11(15(18)19)7-12(6-9)16(20)21/h5-7,10H,2-4,8,14H2,1H3. The van der Waals surface area contributed by atoms with Crippen LogP contribution in [0.1, 0.15) is 31.7 Å². The van der Waals surface area contributed by atoms with Gasteiger partial charge in [0.1, 0.15) is 6.61 Å². The quantitative estimate of drug-likeness (QED) is 0.440. The molecule has 0 spiro atoms. The van der Waals surface area contributed by atoms with Gasteiger partial charge in [-0.05, 0) is 12.8 Å². The van der Waals surface area contributed by atoms with E-state index in [-0.39, 0.29) is 24.6 Å². The van der Waals surface area contributed by atoms with Gasteiger partial charge in [-0.1, -0.05) is 6.92 Å². The molecular weight excluding hydrogens is 294 g/mol. The first-order valence-electron chi connectivity index (χ1n) is 6.67. The molecule has 0 aliphatic rings. The first-order chi connectivity index (χ1) is 10.3. The molecule has 0 saturated heterocycles. The van der Waals surface area contributed by atoms with Crippen molar-refractivity contribution in [3.63, 3.8) is 0 Å². The van der Waals surface area contributed by atoms with E-state index in [0.29, 0.717) is 6.42 Å². The summed E-state index contributed by atoms with van der Waals surface area (Å²) in [6.45, 7) is 1.64. The summed E-state index contributed by atoms with van der Waals surface area (Å²) in [5, 5.41) is 21.5. The van der Waals surface area contributed by atoms with Crippen LogP contribution in [-0.2, 0) is 16.1 Å². The van der Waals surface area contributed by atoms with Gasteiger partial charge in [0.15, 0.2) is 0 Å². The molecule has 22 heavy (non-hydrogen) atoms. The van der Waals surface area contributed by atoms with Crippen molar-refractivity contribution in [3.05, 3.63) is 44.0 Å². The maximum atomic E-state index is 11.5. The number of rotatable bonds is 8. The molecule has 9 heteroatoms. The highest BCUT2D eigenvalue weighted by molar-refractivity contribution is 5.69. The van der Waals surface area contributed by atoms with Crippen molar-refractivity contribution in [1.29, 1.82) is 0 Å². The lowest BCUT2D eigenvalue weighted by Crippen LogP contribution is -2.20. The Hall–Kier alpha value is -2.55. The smallest absolute Gasteiger partial charge is 0.306 e. The summed E-state index contributed by atoms with van der Waals surface area (Å²) in [4.78, 5) is 31.5. The van der Waals surface area contributed by atoms with E-state index in [0.717, 1.165) is 24.6 Å². The van der Waals surface area contributed by atoms with E-state index >= 15 is 0 Å². The molecule has 0 aliphatic carbocycles. The third-order valence-corrected chi connectivity index (χ3v) is 3.03. The number of carbonyl (C=O) groups is 1. The van der Waals surface area contributed by atoms with Crippen molar-refractivity contribution in [3.8, 4) is 0 Å². The molecule has 120 valence electrons. The number of nitrogens with zero attached hydrogens (tertiary/aromatic N) is 2. The number of esters is 1. The lowest BCUT2D eigenvalue weighted by molar-refractivity contribution is -0.394. The van der Waals surface area contributed by atoms with Crippen LogP contribution in [0, 0.1) is 20.2 Å². The Labute approximate surface area is 126 Å². The number of ether oxygens (including phenoxy) is 1. The maximum Gasteiger partial charge on any atom is 0.306 e. The normalized spacial score (nSPS) is 11.7. The SMILES string of the molecule is CCC(N)CCC(=O)OCc1cc([N+](=O)[O-])cc([N+](=O)[O-])c1. The van der Waals surface area contributed by atoms with Crippen LogP contribution in [0.5, 0.6) is 0 Å². The van der Waals surface area contributed by atoms with Gasteiger partial charge in [-0.3, -0.25) is 25.0 Å². The fourth-order valence-electron chi connectivity index (χ4n) is 1.69. The third kappa shape index (κ3) is 5.44. The second-order valence-corrected chi connectivity index (χ2v) is 4.74. The monoisotopic (exact) mass is 311 g/mol. The van der Waals surface area contributed by atoms with E-state index in [1.54, 1.807) is 0 Å². The zero-order valence-electron chi connectivity index (χ0n) is 12.1. The molecule has 0 fully saturated rings. The predicted molar refractivity (Wildman–Crippen MR) is 77.0 cm³/mol. The van der Waals surface area contributed by atoms with Crippen molar-refractivity contribution in [1.82, 2.24) is 0 Å². The maximum absolute atomic E-state index is 11.5. The number of nitro groups is 2. The van der Waals surface area contributed by atoms with E-state index in [2.05, 4.69) is 0 Å². The molecule has 1 aromatic carbocycles. The van der Waals surface area contributed by atoms with Gasteiger partial charge < -0.3 is 10.5 Å². The average Bonchev–Trinajstić information content (AvgIpc) is 2.49. The Kier molecular flexibility index (Phi) is 6.39. The molecule has 0 aromatic heterocycles. The molecule has 0 heterocycles. The molecular formula is C13H17N3O6. The summed E-state index contributed by atoms with van der Waals surface area (Å²) in [6, 6.07) is 3.04. The predicted octanol–water partition coefficient (Wildman–Crippen LogP) is 2.06. The molecule has 1 rings (SSSR count).